The Morgan fingerprint density at radius 3 is 2.35 bits per heavy atom. The number of rotatable bonds is 4. The Labute approximate surface area is 121 Å². The maximum absolute atomic E-state index is 11.2. The van der Waals surface area contributed by atoms with Gasteiger partial charge in [0, 0.05) is 6.54 Å². The average Bonchev–Trinajstić information content (AvgIpc) is 2.68. The molecule has 1 aromatic rings. The maximum Gasteiger partial charge on any atom is 0.128 e. The summed E-state index contributed by atoms with van der Waals surface area (Å²) < 4.78 is 10.9. The third kappa shape index (κ3) is 2.91. The summed E-state index contributed by atoms with van der Waals surface area (Å²) in [6.45, 7) is 5.12. The van der Waals surface area contributed by atoms with E-state index in [1.807, 2.05) is 18.2 Å². The summed E-state index contributed by atoms with van der Waals surface area (Å²) in [7, 11) is 3.27. The van der Waals surface area contributed by atoms with Crippen molar-refractivity contribution in [2.75, 3.05) is 33.9 Å². The van der Waals surface area contributed by atoms with Gasteiger partial charge in [0.2, 0.25) is 0 Å². The number of aliphatic hydroxyl groups is 1. The first-order valence-electron chi connectivity index (χ1n) is 7.31. The Morgan fingerprint density at radius 1 is 1.15 bits per heavy atom. The molecule has 0 aromatic heterocycles. The van der Waals surface area contributed by atoms with Gasteiger partial charge < -0.3 is 19.5 Å². The lowest BCUT2D eigenvalue weighted by atomic mass is 9.85. The van der Waals surface area contributed by atoms with E-state index in [9.17, 15) is 5.11 Å². The van der Waals surface area contributed by atoms with Crippen LogP contribution in [0, 0.1) is 0 Å². The first-order chi connectivity index (χ1) is 9.64. The predicted molar refractivity (Wildman–Crippen MR) is 79.4 cm³/mol. The lowest BCUT2D eigenvalue weighted by Gasteiger charge is -2.30. The van der Waals surface area contributed by atoms with E-state index >= 15 is 0 Å². The molecule has 4 heteroatoms. The van der Waals surface area contributed by atoms with Crippen LogP contribution in [0.2, 0.25) is 0 Å². The summed E-state index contributed by atoms with van der Waals surface area (Å²) in [5.74, 6) is 1.41. The Morgan fingerprint density at radius 2 is 1.80 bits per heavy atom. The van der Waals surface area contributed by atoms with Gasteiger partial charge in [0.05, 0.1) is 25.4 Å². The summed E-state index contributed by atoms with van der Waals surface area (Å²) in [5.41, 5.74) is -0.0787. The largest absolute Gasteiger partial charge is 0.496 e. The van der Waals surface area contributed by atoms with Crippen LogP contribution in [0.15, 0.2) is 18.2 Å². The second-order valence-electron chi connectivity index (χ2n) is 5.36. The zero-order valence-corrected chi connectivity index (χ0v) is 12.7. The number of methoxy groups -OCH3 is 2. The second kappa shape index (κ2) is 6.46. The van der Waals surface area contributed by atoms with E-state index in [0.29, 0.717) is 17.9 Å². The number of likely N-dealkylation sites (tertiary alicyclic amines) is 1. The minimum atomic E-state index is -0.873. The Kier molecular flexibility index (Phi) is 4.89. The first kappa shape index (κ1) is 15.1. The van der Waals surface area contributed by atoms with Crippen molar-refractivity contribution in [1.29, 1.82) is 0 Å². The van der Waals surface area contributed by atoms with Crippen LogP contribution < -0.4 is 9.47 Å². The van der Waals surface area contributed by atoms with Crippen LogP contribution in [-0.2, 0) is 5.60 Å². The average molecular weight is 279 g/mol. The molecule has 1 fully saturated rings. The highest BCUT2D eigenvalue weighted by molar-refractivity contribution is 5.48. The van der Waals surface area contributed by atoms with E-state index in [0.717, 1.165) is 38.0 Å². The van der Waals surface area contributed by atoms with Crippen LogP contribution in [0.3, 0.4) is 0 Å². The van der Waals surface area contributed by atoms with Gasteiger partial charge in [-0.1, -0.05) is 13.0 Å². The fourth-order valence-electron chi connectivity index (χ4n) is 3.05. The highest BCUT2D eigenvalue weighted by Crippen LogP contribution is 2.43. The van der Waals surface area contributed by atoms with Gasteiger partial charge in [0.1, 0.15) is 11.5 Å². The van der Waals surface area contributed by atoms with Crippen LogP contribution in [-0.4, -0.2) is 43.9 Å². The van der Waals surface area contributed by atoms with Crippen LogP contribution >= 0.6 is 0 Å². The number of nitrogens with zero attached hydrogens (tertiary/aromatic N) is 1. The van der Waals surface area contributed by atoms with E-state index < -0.39 is 5.60 Å². The van der Waals surface area contributed by atoms with E-state index in [1.54, 1.807) is 14.2 Å². The van der Waals surface area contributed by atoms with Gasteiger partial charge in [-0.2, -0.15) is 0 Å². The number of hydrogen-bond acceptors (Lipinski definition) is 4. The van der Waals surface area contributed by atoms with Crippen molar-refractivity contribution in [3.05, 3.63) is 23.8 Å². The molecule has 1 unspecified atom stereocenters. The van der Waals surface area contributed by atoms with Crippen LogP contribution in [0.1, 0.15) is 31.7 Å². The molecule has 1 aliphatic rings. The van der Waals surface area contributed by atoms with Crippen molar-refractivity contribution in [2.45, 2.75) is 31.8 Å². The van der Waals surface area contributed by atoms with Crippen molar-refractivity contribution in [3.63, 3.8) is 0 Å². The Hall–Kier alpha value is -1.26. The van der Waals surface area contributed by atoms with E-state index in [-0.39, 0.29) is 0 Å². The molecule has 1 atom stereocenters. The number of hydrogen-bond donors (Lipinski definition) is 1. The van der Waals surface area contributed by atoms with E-state index in [1.165, 1.54) is 0 Å². The SMILES string of the molecule is CCN1CCCC(O)(c2c(OC)cccc2OC)CC1. The summed E-state index contributed by atoms with van der Waals surface area (Å²) >= 11 is 0. The molecule has 0 radical (unpaired) electrons. The zero-order valence-electron chi connectivity index (χ0n) is 12.7. The predicted octanol–water partition coefficient (Wildman–Crippen LogP) is 2.40. The molecular weight excluding hydrogens is 254 g/mol. The second-order valence-corrected chi connectivity index (χ2v) is 5.36. The standard InChI is InChI=1S/C16H25NO3/c1-4-17-11-6-9-16(18,10-12-17)15-13(19-2)7-5-8-14(15)20-3/h5,7-8,18H,4,6,9-12H2,1-3H3. The third-order valence-electron chi connectivity index (χ3n) is 4.25. The minimum Gasteiger partial charge on any atom is -0.496 e. The van der Waals surface area contributed by atoms with Gasteiger partial charge in [-0.25, -0.2) is 0 Å². The van der Waals surface area contributed by atoms with Gasteiger partial charge in [-0.05, 0) is 44.5 Å². The smallest absolute Gasteiger partial charge is 0.128 e. The molecular formula is C16H25NO3. The zero-order chi connectivity index (χ0) is 14.6. The van der Waals surface area contributed by atoms with Crippen molar-refractivity contribution >= 4 is 0 Å². The molecule has 1 aliphatic heterocycles. The number of ether oxygens (including phenoxy) is 2. The van der Waals surface area contributed by atoms with Crippen LogP contribution in [0.5, 0.6) is 11.5 Å². The molecule has 20 heavy (non-hydrogen) atoms. The van der Waals surface area contributed by atoms with E-state index in [2.05, 4.69) is 11.8 Å². The molecule has 4 nitrogen and oxygen atoms in total. The molecule has 1 heterocycles. The van der Waals surface area contributed by atoms with E-state index in [4.69, 9.17) is 9.47 Å². The van der Waals surface area contributed by atoms with Gasteiger partial charge in [-0.15, -0.1) is 0 Å². The molecule has 0 saturated carbocycles. The van der Waals surface area contributed by atoms with Crippen molar-refractivity contribution in [2.24, 2.45) is 0 Å². The van der Waals surface area contributed by atoms with Crippen LogP contribution in [0.25, 0.3) is 0 Å². The molecule has 0 bridgehead atoms. The minimum absolute atomic E-state index is 0.705. The first-order valence-corrected chi connectivity index (χ1v) is 7.31. The highest BCUT2D eigenvalue weighted by atomic mass is 16.5. The Balaban J connectivity index is 2.38. The lowest BCUT2D eigenvalue weighted by Crippen LogP contribution is -2.30. The fourth-order valence-corrected chi connectivity index (χ4v) is 3.05. The van der Waals surface area contributed by atoms with Crippen molar-refractivity contribution in [3.8, 4) is 11.5 Å². The van der Waals surface area contributed by atoms with Crippen molar-refractivity contribution < 1.29 is 14.6 Å². The molecule has 2 rings (SSSR count). The molecule has 1 saturated heterocycles. The molecule has 0 amide bonds. The quantitative estimate of drug-likeness (QED) is 0.919. The fraction of sp³-hybridized carbons (Fsp3) is 0.625. The summed E-state index contributed by atoms with van der Waals surface area (Å²) in [4.78, 5) is 2.37. The monoisotopic (exact) mass is 279 g/mol. The maximum atomic E-state index is 11.2. The Bertz CT molecular complexity index is 427. The summed E-state index contributed by atoms with van der Waals surface area (Å²) in [6.07, 6.45) is 2.42. The molecule has 0 aliphatic carbocycles. The van der Waals surface area contributed by atoms with Gasteiger partial charge in [-0.3, -0.25) is 0 Å². The van der Waals surface area contributed by atoms with Gasteiger partial charge in [0.25, 0.3) is 0 Å². The molecule has 0 spiro atoms. The molecule has 1 N–H and O–H groups in total. The van der Waals surface area contributed by atoms with Gasteiger partial charge >= 0.3 is 0 Å². The molecule has 1 aromatic carbocycles. The lowest BCUT2D eigenvalue weighted by molar-refractivity contribution is 0.0169. The normalized spacial score (nSPS) is 24.2. The summed E-state index contributed by atoms with van der Waals surface area (Å²) in [5, 5.41) is 11.2. The third-order valence-corrected chi connectivity index (χ3v) is 4.25. The van der Waals surface area contributed by atoms with Gasteiger partial charge in [0.15, 0.2) is 0 Å². The van der Waals surface area contributed by atoms with Crippen molar-refractivity contribution in [1.82, 2.24) is 4.90 Å². The number of benzene rings is 1. The summed E-state index contributed by atoms with van der Waals surface area (Å²) in [6, 6.07) is 5.66. The van der Waals surface area contributed by atoms with Crippen LogP contribution in [0.4, 0.5) is 0 Å². The topological polar surface area (TPSA) is 41.9 Å². The highest BCUT2D eigenvalue weighted by Gasteiger charge is 2.36. The molecule has 112 valence electrons.